The Kier molecular flexibility index (Phi) is 3.38. The van der Waals surface area contributed by atoms with Gasteiger partial charge in [-0.15, -0.1) is 11.6 Å². The van der Waals surface area contributed by atoms with E-state index in [1.54, 1.807) is 0 Å². The summed E-state index contributed by atoms with van der Waals surface area (Å²) in [6.45, 7) is 3.24. The Bertz CT molecular complexity index is 195. The first-order chi connectivity index (χ1) is 6.70. The zero-order valence-electron chi connectivity index (χ0n) is 9.10. The largest absolute Gasteiger partial charge is 0.375 e. The highest BCUT2D eigenvalue weighted by Gasteiger charge is 2.37. The Morgan fingerprint density at radius 2 is 2.07 bits per heavy atom. The summed E-state index contributed by atoms with van der Waals surface area (Å²) in [5, 5.41) is 0.358. The predicted octanol–water partition coefficient (Wildman–Crippen LogP) is 3.74. The van der Waals surface area contributed by atoms with Crippen LogP contribution in [0.15, 0.2) is 0 Å². The second-order valence-corrected chi connectivity index (χ2v) is 5.77. The average Bonchev–Trinajstić information content (AvgIpc) is 2.30. The molecule has 0 radical (unpaired) electrons. The normalized spacial score (nSPS) is 45.0. The Labute approximate surface area is 92.2 Å². The van der Waals surface area contributed by atoms with E-state index in [2.05, 4.69) is 6.92 Å². The lowest BCUT2D eigenvalue weighted by Gasteiger charge is -2.39. The summed E-state index contributed by atoms with van der Waals surface area (Å²) in [5.74, 6) is 0.883. The molecule has 3 unspecified atom stereocenters. The standard InChI is InChI=1S/C12H21ClO/c1-10-3-2-6-12(7-4-10)9-11(13)5-8-14-12/h10-11H,2-9H2,1H3. The summed E-state index contributed by atoms with van der Waals surface area (Å²) in [4.78, 5) is 0. The molecule has 1 heterocycles. The van der Waals surface area contributed by atoms with Gasteiger partial charge in [0.25, 0.3) is 0 Å². The summed E-state index contributed by atoms with van der Waals surface area (Å²) in [6, 6.07) is 0. The fourth-order valence-electron chi connectivity index (χ4n) is 2.87. The molecular formula is C12H21ClO. The number of rotatable bonds is 0. The van der Waals surface area contributed by atoms with Gasteiger partial charge in [-0.2, -0.15) is 0 Å². The first kappa shape index (κ1) is 10.8. The van der Waals surface area contributed by atoms with Crippen LogP contribution in [0.2, 0.25) is 0 Å². The van der Waals surface area contributed by atoms with Gasteiger partial charge in [-0.25, -0.2) is 0 Å². The molecule has 1 saturated carbocycles. The minimum atomic E-state index is 0.162. The van der Waals surface area contributed by atoms with Crippen molar-refractivity contribution in [2.45, 2.75) is 62.8 Å². The van der Waals surface area contributed by atoms with Crippen LogP contribution in [0.1, 0.15) is 51.9 Å². The number of halogens is 1. The molecular weight excluding hydrogens is 196 g/mol. The quantitative estimate of drug-likeness (QED) is 0.561. The molecule has 0 aromatic carbocycles. The van der Waals surface area contributed by atoms with Crippen LogP contribution in [0.4, 0.5) is 0 Å². The van der Waals surface area contributed by atoms with E-state index in [1.807, 2.05) is 0 Å². The first-order valence-electron chi connectivity index (χ1n) is 5.98. The van der Waals surface area contributed by atoms with Gasteiger partial charge in [0.1, 0.15) is 0 Å². The van der Waals surface area contributed by atoms with Crippen LogP contribution in [-0.4, -0.2) is 17.6 Å². The second kappa shape index (κ2) is 4.40. The molecule has 0 bridgehead atoms. The molecule has 1 spiro atoms. The maximum atomic E-state index is 6.25. The Morgan fingerprint density at radius 1 is 1.21 bits per heavy atom. The highest BCUT2D eigenvalue weighted by molar-refractivity contribution is 6.20. The van der Waals surface area contributed by atoms with Crippen LogP contribution in [-0.2, 0) is 4.74 Å². The third kappa shape index (κ3) is 2.43. The first-order valence-corrected chi connectivity index (χ1v) is 6.42. The molecule has 0 aromatic heterocycles. The number of ether oxygens (including phenoxy) is 1. The molecule has 1 nitrogen and oxygen atoms in total. The third-order valence-electron chi connectivity index (χ3n) is 3.85. The van der Waals surface area contributed by atoms with Crippen molar-refractivity contribution in [2.24, 2.45) is 5.92 Å². The maximum Gasteiger partial charge on any atom is 0.0696 e. The SMILES string of the molecule is CC1CCCC2(CC1)CC(Cl)CCO2. The molecule has 0 aromatic rings. The van der Waals surface area contributed by atoms with Gasteiger partial charge in [0, 0.05) is 12.0 Å². The highest BCUT2D eigenvalue weighted by Crippen LogP contribution is 2.40. The average molecular weight is 217 g/mol. The van der Waals surface area contributed by atoms with E-state index in [4.69, 9.17) is 16.3 Å². The lowest BCUT2D eigenvalue weighted by atomic mass is 9.86. The van der Waals surface area contributed by atoms with Crippen molar-refractivity contribution in [1.29, 1.82) is 0 Å². The number of alkyl halides is 1. The van der Waals surface area contributed by atoms with Crippen molar-refractivity contribution < 1.29 is 4.74 Å². The molecule has 2 aliphatic rings. The summed E-state index contributed by atoms with van der Waals surface area (Å²) in [6.07, 6.45) is 8.62. The monoisotopic (exact) mass is 216 g/mol. The molecule has 1 aliphatic carbocycles. The van der Waals surface area contributed by atoms with Crippen molar-refractivity contribution in [3.05, 3.63) is 0 Å². The van der Waals surface area contributed by atoms with E-state index < -0.39 is 0 Å². The van der Waals surface area contributed by atoms with E-state index in [1.165, 1.54) is 32.1 Å². The van der Waals surface area contributed by atoms with Gasteiger partial charge in [-0.1, -0.05) is 19.8 Å². The van der Waals surface area contributed by atoms with Gasteiger partial charge >= 0.3 is 0 Å². The third-order valence-corrected chi connectivity index (χ3v) is 4.23. The van der Waals surface area contributed by atoms with Gasteiger partial charge in [0.2, 0.25) is 0 Å². The van der Waals surface area contributed by atoms with Crippen molar-refractivity contribution in [3.8, 4) is 0 Å². The predicted molar refractivity (Wildman–Crippen MR) is 59.8 cm³/mol. The molecule has 2 heteroatoms. The Balaban J connectivity index is 1.99. The van der Waals surface area contributed by atoms with E-state index in [9.17, 15) is 0 Å². The van der Waals surface area contributed by atoms with Gasteiger partial charge in [0.15, 0.2) is 0 Å². The zero-order chi connectivity index (χ0) is 10.0. The maximum absolute atomic E-state index is 6.25. The fourth-order valence-corrected chi connectivity index (χ4v) is 3.24. The minimum absolute atomic E-state index is 0.162. The lowest BCUT2D eigenvalue weighted by Crippen LogP contribution is -2.39. The molecule has 82 valence electrons. The van der Waals surface area contributed by atoms with Crippen LogP contribution >= 0.6 is 11.6 Å². The van der Waals surface area contributed by atoms with Gasteiger partial charge in [-0.3, -0.25) is 0 Å². The number of hydrogen-bond donors (Lipinski definition) is 0. The zero-order valence-corrected chi connectivity index (χ0v) is 9.85. The fraction of sp³-hybridized carbons (Fsp3) is 1.00. The van der Waals surface area contributed by atoms with Crippen LogP contribution in [0.25, 0.3) is 0 Å². The van der Waals surface area contributed by atoms with E-state index in [-0.39, 0.29) is 5.60 Å². The van der Waals surface area contributed by atoms with Crippen molar-refractivity contribution in [3.63, 3.8) is 0 Å². The van der Waals surface area contributed by atoms with Crippen LogP contribution in [0, 0.1) is 5.92 Å². The molecule has 14 heavy (non-hydrogen) atoms. The molecule has 3 atom stereocenters. The van der Waals surface area contributed by atoms with Crippen molar-refractivity contribution >= 4 is 11.6 Å². The van der Waals surface area contributed by atoms with Crippen molar-refractivity contribution in [1.82, 2.24) is 0 Å². The summed E-state index contributed by atoms with van der Waals surface area (Å²) in [5.41, 5.74) is 0.162. The molecule has 0 N–H and O–H groups in total. The van der Waals surface area contributed by atoms with Crippen molar-refractivity contribution in [2.75, 3.05) is 6.61 Å². The van der Waals surface area contributed by atoms with E-state index in [0.29, 0.717) is 5.38 Å². The highest BCUT2D eigenvalue weighted by atomic mass is 35.5. The topological polar surface area (TPSA) is 9.23 Å². The molecule has 2 rings (SSSR count). The van der Waals surface area contributed by atoms with E-state index >= 15 is 0 Å². The smallest absolute Gasteiger partial charge is 0.0696 e. The minimum Gasteiger partial charge on any atom is -0.375 e. The number of hydrogen-bond acceptors (Lipinski definition) is 1. The summed E-state index contributed by atoms with van der Waals surface area (Å²) < 4.78 is 6.02. The lowest BCUT2D eigenvalue weighted by molar-refractivity contribution is -0.0861. The van der Waals surface area contributed by atoms with Crippen LogP contribution in [0.5, 0.6) is 0 Å². The molecule has 1 saturated heterocycles. The van der Waals surface area contributed by atoms with Gasteiger partial charge in [0.05, 0.1) is 5.60 Å². The van der Waals surface area contributed by atoms with Gasteiger partial charge < -0.3 is 4.74 Å². The summed E-state index contributed by atoms with van der Waals surface area (Å²) in [7, 11) is 0. The van der Waals surface area contributed by atoms with Crippen LogP contribution in [0.3, 0.4) is 0 Å². The Morgan fingerprint density at radius 3 is 2.86 bits per heavy atom. The molecule has 0 amide bonds. The second-order valence-electron chi connectivity index (χ2n) is 5.16. The molecule has 1 aliphatic heterocycles. The molecule has 2 fully saturated rings. The van der Waals surface area contributed by atoms with Gasteiger partial charge in [-0.05, 0) is 38.0 Å². The Hall–Kier alpha value is 0.250. The van der Waals surface area contributed by atoms with Crippen LogP contribution < -0.4 is 0 Å². The van der Waals surface area contributed by atoms with E-state index in [0.717, 1.165) is 25.4 Å². The summed E-state index contributed by atoms with van der Waals surface area (Å²) >= 11 is 6.25.